The van der Waals surface area contributed by atoms with Gasteiger partial charge in [0.2, 0.25) is 0 Å². The lowest BCUT2D eigenvalue weighted by molar-refractivity contribution is -0.0607. The van der Waals surface area contributed by atoms with Gasteiger partial charge in [-0.05, 0) is 38.0 Å². The van der Waals surface area contributed by atoms with Crippen LogP contribution in [-0.2, 0) is 4.74 Å². The van der Waals surface area contributed by atoms with Gasteiger partial charge in [-0.1, -0.05) is 34.6 Å². The van der Waals surface area contributed by atoms with E-state index in [1.54, 1.807) is 0 Å². The Kier molecular flexibility index (Phi) is 5.14. The fourth-order valence-corrected chi connectivity index (χ4v) is 1.66. The summed E-state index contributed by atoms with van der Waals surface area (Å²) < 4.78 is 5.94. The summed E-state index contributed by atoms with van der Waals surface area (Å²) in [5.74, 6) is 0.748. The molecule has 0 unspecified atom stereocenters. The molecule has 1 nitrogen and oxygen atoms in total. The first-order valence-corrected chi connectivity index (χ1v) is 5.82. The summed E-state index contributed by atoms with van der Waals surface area (Å²) in [6, 6.07) is 0. The lowest BCUT2D eigenvalue weighted by Gasteiger charge is -2.32. The Morgan fingerprint density at radius 3 is 1.93 bits per heavy atom. The summed E-state index contributed by atoms with van der Waals surface area (Å²) in [5.41, 5.74) is 0.342. The zero-order valence-electron chi connectivity index (χ0n) is 11.1. The minimum absolute atomic E-state index is 0.0360. The fourth-order valence-electron chi connectivity index (χ4n) is 1.66. The van der Waals surface area contributed by atoms with Crippen molar-refractivity contribution in [3.8, 4) is 0 Å². The molecule has 1 heteroatoms. The van der Waals surface area contributed by atoms with Gasteiger partial charge in [0, 0.05) is 0 Å². The molecule has 0 aliphatic rings. The molecule has 86 valence electrons. The number of rotatable bonds is 6. The standard InChI is InChI=1S/C13H28O/c1-8-13(6,7)14-10-12(4,5)9-11(2)3/h11H,8-10H2,1-7H3. The second-order valence-corrected chi connectivity index (χ2v) is 6.16. The van der Waals surface area contributed by atoms with Crippen LogP contribution in [0, 0.1) is 11.3 Å². The smallest absolute Gasteiger partial charge is 0.0624 e. The molecule has 0 atom stereocenters. The molecule has 0 aromatic carbocycles. The summed E-state index contributed by atoms with van der Waals surface area (Å²) in [4.78, 5) is 0. The van der Waals surface area contributed by atoms with Crippen LogP contribution < -0.4 is 0 Å². The van der Waals surface area contributed by atoms with Crippen molar-refractivity contribution in [2.75, 3.05) is 6.61 Å². The number of ether oxygens (including phenoxy) is 1. The van der Waals surface area contributed by atoms with E-state index < -0.39 is 0 Å². The Bertz CT molecular complexity index is 157. The van der Waals surface area contributed by atoms with Crippen molar-refractivity contribution in [2.45, 2.75) is 66.9 Å². The van der Waals surface area contributed by atoms with Gasteiger partial charge in [0.25, 0.3) is 0 Å². The Morgan fingerprint density at radius 1 is 1.07 bits per heavy atom. The largest absolute Gasteiger partial charge is 0.375 e. The molecule has 14 heavy (non-hydrogen) atoms. The van der Waals surface area contributed by atoms with Crippen molar-refractivity contribution in [3.63, 3.8) is 0 Å². The maximum absolute atomic E-state index is 5.94. The number of hydrogen-bond donors (Lipinski definition) is 0. The molecule has 0 aromatic rings. The molecular weight excluding hydrogens is 172 g/mol. The summed E-state index contributed by atoms with van der Waals surface area (Å²) in [6.07, 6.45) is 2.30. The average molecular weight is 200 g/mol. The molecule has 0 rings (SSSR count). The molecule has 0 spiro atoms. The van der Waals surface area contributed by atoms with E-state index in [0.29, 0.717) is 5.41 Å². The highest BCUT2D eigenvalue weighted by Gasteiger charge is 2.24. The van der Waals surface area contributed by atoms with Crippen molar-refractivity contribution in [1.29, 1.82) is 0 Å². The first kappa shape index (κ1) is 14.0. The van der Waals surface area contributed by atoms with Gasteiger partial charge in [-0.3, -0.25) is 0 Å². The van der Waals surface area contributed by atoms with Crippen LogP contribution in [0.5, 0.6) is 0 Å². The van der Waals surface area contributed by atoms with Gasteiger partial charge in [0.05, 0.1) is 12.2 Å². The maximum Gasteiger partial charge on any atom is 0.0624 e. The lowest BCUT2D eigenvalue weighted by Crippen LogP contribution is -2.30. The van der Waals surface area contributed by atoms with Crippen LogP contribution in [0.1, 0.15) is 61.3 Å². The van der Waals surface area contributed by atoms with Gasteiger partial charge in [0.15, 0.2) is 0 Å². The van der Waals surface area contributed by atoms with Crippen molar-refractivity contribution >= 4 is 0 Å². The monoisotopic (exact) mass is 200 g/mol. The van der Waals surface area contributed by atoms with Crippen LogP contribution in [-0.4, -0.2) is 12.2 Å². The van der Waals surface area contributed by atoms with E-state index >= 15 is 0 Å². The Labute approximate surface area is 90.2 Å². The van der Waals surface area contributed by atoms with Crippen molar-refractivity contribution < 1.29 is 4.74 Å². The molecule has 0 N–H and O–H groups in total. The summed E-state index contributed by atoms with van der Waals surface area (Å²) >= 11 is 0. The Balaban J connectivity index is 3.98. The zero-order valence-corrected chi connectivity index (χ0v) is 11.1. The fraction of sp³-hybridized carbons (Fsp3) is 1.00. The van der Waals surface area contributed by atoms with Crippen LogP contribution >= 0.6 is 0 Å². The zero-order chi connectivity index (χ0) is 11.4. The highest BCUT2D eigenvalue weighted by molar-refractivity contribution is 4.73. The molecule has 0 heterocycles. The third-order valence-electron chi connectivity index (χ3n) is 2.67. The van der Waals surface area contributed by atoms with Crippen LogP contribution in [0.3, 0.4) is 0 Å². The van der Waals surface area contributed by atoms with Gasteiger partial charge < -0.3 is 4.74 Å². The van der Waals surface area contributed by atoms with Crippen LogP contribution in [0.4, 0.5) is 0 Å². The van der Waals surface area contributed by atoms with Crippen molar-refractivity contribution in [2.24, 2.45) is 11.3 Å². The molecule has 0 bridgehead atoms. The quantitative estimate of drug-likeness (QED) is 0.622. The summed E-state index contributed by atoms with van der Waals surface area (Å²) in [5, 5.41) is 0. The Hall–Kier alpha value is -0.0400. The predicted octanol–water partition coefficient (Wildman–Crippen LogP) is 4.26. The highest BCUT2D eigenvalue weighted by atomic mass is 16.5. The molecule has 0 fully saturated rings. The van der Waals surface area contributed by atoms with E-state index in [0.717, 1.165) is 18.9 Å². The maximum atomic E-state index is 5.94. The van der Waals surface area contributed by atoms with Gasteiger partial charge >= 0.3 is 0 Å². The van der Waals surface area contributed by atoms with Crippen LogP contribution in [0.25, 0.3) is 0 Å². The third-order valence-corrected chi connectivity index (χ3v) is 2.67. The second kappa shape index (κ2) is 5.16. The van der Waals surface area contributed by atoms with E-state index in [1.807, 2.05) is 0 Å². The summed E-state index contributed by atoms with van der Waals surface area (Å²) in [7, 11) is 0. The molecule has 0 amide bonds. The van der Waals surface area contributed by atoms with E-state index in [1.165, 1.54) is 6.42 Å². The first-order chi connectivity index (χ1) is 6.18. The molecular formula is C13H28O. The minimum atomic E-state index is 0.0360. The molecule has 0 aliphatic carbocycles. The van der Waals surface area contributed by atoms with Gasteiger partial charge in [-0.15, -0.1) is 0 Å². The molecule has 0 radical (unpaired) electrons. The van der Waals surface area contributed by atoms with E-state index in [2.05, 4.69) is 48.5 Å². The highest BCUT2D eigenvalue weighted by Crippen LogP contribution is 2.28. The van der Waals surface area contributed by atoms with E-state index in [4.69, 9.17) is 4.74 Å². The molecule has 0 aromatic heterocycles. The first-order valence-electron chi connectivity index (χ1n) is 5.82. The SMILES string of the molecule is CCC(C)(C)OCC(C)(C)CC(C)C. The number of hydrogen-bond acceptors (Lipinski definition) is 1. The van der Waals surface area contributed by atoms with Gasteiger partial charge in [-0.25, -0.2) is 0 Å². The van der Waals surface area contributed by atoms with Crippen molar-refractivity contribution in [3.05, 3.63) is 0 Å². The normalized spacial score (nSPS) is 13.7. The minimum Gasteiger partial charge on any atom is -0.375 e. The van der Waals surface area contributed by atoms with Gasteiger partial charge in [-0.2, -0.15) is 0 Å². The molecule has 0 saturated carbocycles. The summed E-state index contributed by atoms with van der Waals surface area (Å²) in [6.45, 7) is 16.5. The lowest BCUT2D eigenvalue weighted by atomic mass is 9.84. The predicted molar refractivity (Wildman–Crippen MR) is 63.6 cm³/mol. The molecule has 0 saturated heterocycles. The van der Waals surface area contributed by atoms with E-state index in [9.17, 15) is 0 Å². The van der Waals surface area contributed by atoms with Crippen LogP contribution in [0.15, 0.2) is 0 Å². The second-order valence-electron chi connectivity index (χ2n) is 6.16. The topological polar surface area (TPSA) is 9.23 Å². The van der Waals surface area contributed by atoms with Gasteiger partial charge in [0.1, 0.15) is 0 Å². The van der Waals surface area contributed by atoms with E-state index in [-0.39, 0.29) is 5.60 Å². The van der Waals surface area contributed by atoms with Crippen molar-refractivity contribution in [1.82, 2.24) is 0 Å². The van der Waals surface area contributed by atoms with Crippen LogP contribution in [0.2, 0.25) is 0 Å². The Morgan fingerprint density at radius 2 is 1.57 bits per heavy atom. The third kappa shape index (κ3) is 6.42. The molecule has 0 aliphatic heterocycles. The average Bonchev–Trinajstić information content (AvgIpc) is 1.99.